The Morgan fingerprint density at radius 1 is 1.13 bits per heavy atom. The van der Waals surface area contributed by atoms with Gasteiger partial charge in [0.15, 0.2) is 5.69 Å². The minimum Gasteiger partial charge on any atom is -0.471 e. The van der Waals surface area contributed by atoms with Gasteiger partial charge in [0.2, 0.25) is 11.8 Å². The highest BCUT2D eigenvalue weighted by molar-refractivity contribution is 5.91. The number of amides is 2. The van der Waals surface area contributed by atoms with Crippen molar-refractivity contribution in [2.45, 2.75) is 76.7 Å². The van der Waals surface area contributed by atoms with Crippen LogP contribution in [0.3, 0.4) is 0 Å². The van der Waals surface area contributed by atoms with Crippen LogP contribution in [0.2, 0.25) is 0 Å². The van der Waals surface area contributed by atoms with E-state index in [9.17, 15) is 23.2 Å². The SMILES string of the molecule is C=CCC[C@@H]1[C@H]2C#C[C@H]2C[C@H]1OC(=O)N[C@H](C(=O)N1C[C@H](Oc2nc3ccccc3nc2C(F)(F)C=C)C[C@H]1C(=O)OC)C(C)(C)C. The molecule has 250 valence electrons. The Balaban J connectivity index is 1.36. The van der Waals surface area contributed by atoms with E-state index in [4.69, 9.17) is 14.2 Å². The number of nitrogens with one attached hydrogen (secondary N) is 1. The fraction of sp³-hybridized carbons (Fsp3) is 0.514. The average Bonchev–Trinajstić information content (AvgIpc) is 3.54. The van der Waals surface area contributed by atoms with Crippen LogP contribution in [0, 0.1) is 35.0 Å². The summed E-state index contributed by atoms with van der Waals surface area (Å²) in [6, 6.07) is 4.28. The lowest BCUT2D eigenvalue weighted by Crippen LogP contribution is -2.57. The van der Waals surface area contributed by atoms with E-state index >= 15 is 0 Å². The molecule has 5 rings (SSSR count). The average molecular weight is 651 g/mol. The molecule has 1 N–H and O–H groups in total. The van der Waals surface area contributed by atoms with E-state index in [0.717, 1.165) is 12.8 Å². The number of carbonyl (C=O) groups excluding carboxylic acids is 3. The molecule has 1 aromatic heterocycles. The number of halogens is 2. The predicted octanol–water partition coefficient (Wildman–Crippen LogP) is 5.17. The second-order valence-electron chi connectivity index (χ2n) is 13.3. The highest BCUT2D eigenvalue weighted by Gasteiger charge is 2.49. The van der Waals surface area contributed by atoms with E-state index in [-0.39, 0.29) is 42.3 Å². The maximum Gasteiger partial charge on any atom is 0.408 e. The fourth-order valence-corrected chi connectivity index (χ4v) is 6.50. The summed E-state index contributed by atoms with van der Waals surface area (Å²) in [4.78, 5) is 50.0. The molecule has 1 saturated carbocycles. The second kappa shape index (κ2) is 13.3. The third-order valence-electron chi connectivity index (χ3n) is 9.04. The Kier molecular flexibility index (Phi) is 9.57. The summed E-state index contributed by atoms with van der Waals surface area (Å²) >= 11 is 0. The zero-order valence-corrected chi connectivity index (χ0v) is 27.0. The Morgan fingerprint density at radius 2 is 1.83 bits per heavy atom. The molecule has 2 fully saturated rings. The van der Waals surface area contributed by atoms with Gasteiger partial charge in [0.25, 0.3) is 0 Å². The zero-order valence-electron chi connectivity index (χ0n) is 27.0. The molecule has 0 radical (unpaired) electrons. The van der Waals surface area contributed by atoms with Gasteiger partial charge in [-0.3, -0.25) is 4.79 Å². The smallest absolute Gasteiger partial charge is 0.408 e. The summed E-state index contributed by atoms with van der Waals surface area (Å²) < 4.78 is 46.7. The third-order valence-corrected chi connectivity index (χ3v) is 9.04. The number of rotatable bonds is 11. The van der Waals surface area contributed by atoms with E-state index < -0.39 is 59.1 Å². The van der Waals surface area contributed by atoms with E-state index in [1.165, 1.54) is 12.0 Å². The van der Waals surface area contributed by atoms with Crippen LogP contribution in [0.15, 0.2) is 49.6 Å². The molecule has 3 aliphatic rings. The molecule has 0 spiro atoms. The molecule has 1 aliphatic heterocycles. The highest BCUT2D eigenvalue weighted by atomic mass is 19.3. The van der Waals surface area contributed by atoms with Crippen molar-refractivity contribution in [3.05, 3.63) is 55.3 Å². The first-order valence-corrected chi connectivity index (χ1v) is 15.7. The van der Waals surface area contributed by atoms with Gasteiger partial charge >= 0.3 is 18.0 Å². The molecule has 10 nitrogen and oxygen atoms in total. The summed E-state index contributed by atoms with van der Waals surface area (Å²) in [6.07, 6.45) is 2.34. The zero-order chi connectivity index (χ0) is 34.1. The van der Waals surface area contributed by atoms with Crippen molar-refractivity contribution >= 4 is 29.0 Å². The molecular formula is C35H40F2N4O6. The normalized spacial score (nSPS) is 25.4. The van der Waals surface area contributed by atoms with Crippen molar-refractivity contribution in [1.82, 2.24) is 20.2 Å². The van der Waals surface area contributed by atoms with Crippen LogP contribution in [-0.4, -0.2) is 70.8 Å². The molecule has 2 amide bonds. The number of fused-ring (bicyclic) bond motifs is 2. The van der Waals surface area contributed by atoms with Crippen molar-refractivity contribution < 1.29 is 37.4 Å². The van der Waals surface area contributed by atoms with Crippen LogP contribution in [0.25, 0.3) is 11.0 Å². The van der Waals surface area contributed by atoms with E-state index in [1.54, 1.807) is 45.0 Å². The number of alkyl carbamates (subject to hydrolysis) is 1. The molecule has 2 heterocycles. The van der Waals surface area contributed by atoms with Crippen molar-refractivity contribution in [2.24, 2.45) is 23.2 Å². The first-order valence-electron chi connectivity index (χ1n) is 15.7. The van der Waals surface area contributed by atoms with Gasteiger partial charge in [0, 0.05) is 24.2 Å². The quantitative estimate of drug-likeness (QED) is 0.201. The van der Waals surface area contributed by atoms with Gasteiger partial charge in [-0.25, -0.2) is 19.6 Å². The van der Waals surface area contributed by atoms with Crippen molar-refractivity contribution in [3.8, 4) is 17.7 Å². The molecule has 47 heavy (non-hydrogen) atoms. The number of nitrogens with zero attached hydrogens (tertiary/aromatic N) is 3. The predicted molar refractivity (Wildman–Crippen MR) is 169 cm³/mol. The molecule has 2 aromatic rings. The van der Waals surface area contributed by atoms with Crippen molar-refractivity contribution in [1.29, 1.82) is 0 Å². The van der Waals surface area contributed by atoms with Crippen molar-refractivity contribution in [3.63, 3.8) is 0 Å². The Labute approximate surface area is 272 Å². The lowest BCUT2D eigenvalue weighted by Gasteiger charge is -2.35. The van der Waals surface area contributed by atoms with Gasteiger partial charge in [0.1, 0.15) is 24.3 Å². The first kappa shape index (κ1) is 33.8. The van der Waals surface area contributed by atoms with Gasteiger partial charge < -0.3 is 24.4 Å². The Bertz CT molecular complexity index is 1630. The topological polar surface area (TPSA) is 120 Å². The lowest BCUT2D eigenvalue weighted by molar-refractivity contribution is -0.152. The van der Waals surface area contributed by atoms with E-state index in [2.05, 4.69) is 40.3 Å². The van der Waals surface area contributed by atoms with Gasteiger partial charge in [-0.1, -0.05) is 57.4 Å². The number of alkyl halides is 2. The number of methoxy groups -OCH3 is 1. The minimum atomic E-state index is -3.57. The number of hydrogen-bond acceptors (Lipinski definition) is 8. The third kappa shape index (κ3) is 6.94. The maximum absolute atomic E-state index is 14.9. The lowest BCUT2D eigenvalue weighted by atomic mass is 9.81. The minimum absolute atomic E-state index is 0.0663. The number of para-hydroxylation sites is 2. The number of benzene rings is 1. The number of hydrogen-bond donors (Lipinski definition) is 1. The summed E-state index contributed by atoms with van der Waals surface area (Å²) in [5, 5.41) is 2.75. The summed E-state index contributed by atoms with van der Waals surface area (Å²) in [5.74, 6) is 1.47. The monoisotopic (exact) mass is 650 g/mol. The van der Waals surface area contributed by atoms with Crippen LogP contribution in [0.5, 0.6) is 5.88 Å². The van der Waals surface area contributed by atoms with Gasteiger partial charge in [-0.05, 0) is 42.9 Å². The first-order chi connectivity index (χ1) is 22.3. The van der Waals surface area contributed by atoms with E-state index in [1.807, 2.05) is 6.08 Å². The molecule has 0 bridgehead atoms. The second-order valence-corrected chi connectivity index (χ2v) is 13.3. The van der Waals surface area contributed by atoms with Crippen LogP contribution in [-0.2, 0) is 25.0 Å². The molecule has 1 aromatic carbocycles. The Morgan fingerprint density at radius 3 is 2.43 bits per heavy atom. The molecule has 7 atom stereocenters. The largest absolute Gasteiger partial charge is 0.471 e. The fourth-order valence-electron chi connectivity index (χ4n) is 6.50. The Hall–Kier alpha value is -4.53. The highest BCUT2D eigenvalue weighted by Crippen LogP contribution is 2.45. The number of aromatic nitrogens is 2. The summed E-state index contributed by atoms with van der Waals surface area (Å²) in [5.41, 5.74) is -0.980. The van der Waals surface area contributed by atoms with Gasteiger partial charge in [-0.2, -0.15) is 8.78 Å². The molecule has 1 saturated heterocycles. The van der Waals surface area contributed by atoms with Crippen LogP contribution >= 0.6 is 0 Å². The standard InChI is InChI=1S/C35H40F2N4O6/c1-7-9-12-23-22-16-15-20(22)17-27(23)47-33(44)40-29(34(3,4)5)31(42)41-19-21(18-26(41)32(43)45-6)46-30-28(35(36,37)8-2)38-24-13-10-11-14-25(24)39-30/h7-8,10-11,13-14,20-23,26-27,29H,1-2,9,12,17-19H2,3-6H3,(H,40,44)/t20-,21+,22-,23+,26-,27+,29+/m0/s1. The summed E-state index contributed by atoms with van der Waals surface area (Å²) in [7, 11) is 1.19. The number of carbonyl (C=O) groups is 3. The van der Waals surface area contributed by atoms with Crippen molar-refractivity contribution in [2.75, 3.05) is 13.7 Å². The van der Waals surface area contributed by atoms with E-state index in [0.29, 0.717) is 18.0 Å². The van der Waals surface area contributed by atoms with Gasteiger partial charge in [-0.15, -0.1) is 6.58 Å². The summed E-state index contributed by atoms with van der Waals surface area (Å²) in [6.45, 7) is 12.2. The number of esters is 1. The molecule has 12 heteroatoms. The van der Waals surface area contributed by atoms with Gasteiger partial charge in [0.05, 0.1) is 24.7 Å². The number of ether oxygens (including phenoxy) is 3. The van der Waals surface area contributed by atoms with Crippen LogP contribution < -0.4 is 10.1 Å². The van der Waals surface area contributed by atoms with Crippen LogP contribution in [0.1, 0.15) is 52.1 Å². The van der Waals surface area contributed by atoms with Crippen LogP contribution in [0.4, 0.5) is 13.6 Å². The molecular weight excluding hydrogens is 610 g/mol. The molecule has 2 aliphatic carbocycles. The number of likely N-dealkylation sites (tertiary alicyclic amines) is 1. The molecule has 0 unspecified atom stereocenters. The number of allylic oxidation sites excluding steroid dienone is 2. The maximum atomic E-state index is 14.9.